The van der Waals surface area contributed by atoms with E-state index in [0.717, 1.165) is 40.4 Å². The molecule has 10 nitrogen and oxygen atoms in total. The molecule has 11 heteroatoms. The summed E-state index contributed by atoms with van der Waals surface area (Å²) in [7, 11) is 1.45. The Bertz CT molecular complexity index is 2400. The first-order valence-corrected chi connectivity index (χ1v) is 14.1. The number of ether oxygens (including phenoxy) is 1. The number of hydrogen-bond donors (Lipinski definition) is 1. The van der Waals surface area contributed by atoms with Crippen LogP contribution in [0, 0.1) is 0 Å². The molecule has 0 bridgehead atoms. The number of benzene rings is 2. The van der Waals surface area contributed by atoms with E-state index < -0.39 is 11.3 Å². The van der Waals surface area contributed by atoms with Crippen LogP contribution >= 0.6 is 15.9 Å². The highest BCUT2D eigenvalue weighted by Crippen LogP contribution is 2.38. The first-order valence-electron chi connectivity index (χ1n) is 13.3. The zero-order valence-corrected chi connectivity index (χ0v) is 24.3. The van der Waals surface area contributed by atoms with Gasteiger partial charge in [0.1, 0.15) is 21.0 Å². The highest BCUT2D eigenvalue weighted by molar-refractivity contribution is 9.10. The van der Waals surface area contributed by atoms with Crippen molar-refractivity contribution in [2.24, 2.45) is 0 Å². The quantitative estimate of drug-likeness (QED) is 0.253. The van der Waals surface area contributed by atoms with Gasteiger partial charge < -0.3 is 27.8 Å². The molecule has 2 atom stereocenters. The summed E-state index contributed by atoms with van der Waals surface area (Å²) < 4.78 is 19.1. The normalized spacial score (nSPS) is 16.9. The third-order valence-corrected chi connectivity index (χ3v) is 8.88. The predicted octanol–water partition coefficient (Wildman–Crippen LogP) is 4.93. The van der Waals surface area contributed by atoms with Crippen molar-refractivity contribution in [3.05, 3.63) is 99.6 Å². The molecule has 2 aliphatic heterocycles. The Morgan fingerprint density at radius 3 is 1.90 bits per heavy atom. The molecule has 0 fully saturated rings. The molecule has 6 heterocycles. The second-order valence-corrected chi connectivity index (χ2v) is 11.5. The van der Waals surface area contributed by atoms with Crippen LogP contribution in [0.15, 0.2) is 74.9 Å². The first-order chi connectivity index (χ1) is 20.1. The number of fused-ring (bicyclic) bond motifs is 4. The second-order valence-electron chi connectivity index (χ2n) is 10.7. The van der Waals surface area contributed by atoms with Crippen LogP contribution in [0.25, 0.3) is 43.7 Å². The lowest BCUT2D eigenvalue weighted by molar-refractivity contribution is 0.412. The third-order valence-electron chi connectivity index (χ3n) is 8.18. The number of para-hydroxylation sites is 2. The summed E-state index contributed by atoms with van der Waals surface area (Å²) >= 11 is 2.97. The van der Waals surface area contributed by atoms with Crippen LogP contribution in [-0.4, -0.2) is 21.4 Å². The van der Waals surface area contributed by atoms with Gasteiger partial charge in [-0.1, -0.05) is 24.3 Å². The van der Waals surface area contributed by atoms with Gasteiger partial charge in [-0.25, -0.2) is 9.59 Å². The lowest BCUT2D eigenvalue weighted by Gasteiger charge is -2.12. The number of aromatic hydroxyl groups is 1. The molecule has 0 saturated carbocycles. The fourth-order valence-electron chi connectivity index (χ4n) is 6.47. The van der Waals surface area contributed by atoms with E-state index in [1.54, 1.807) is 15.2 Å². The number of methoxy groups -OCH3 is 1. The number of halogens is 1. The lowest BCUT2D eigenvalue weighted by atomic mass is 10.1. The van der Waals surface area contributed by atoms with Crippen LogP contribution in [0.2, 0.25) is 0 Å². The number of nitrogens with zero attached hydrogens (tertiary/aromatic N) is 2. The number of hydrogen-bond acceptors (Lipinski definition) is 8. The van der Waals surface area contributed by atoms with Crippen LogP contribution < -0.4 is 27.1 Å². The summed E-state index contributed by atoms with van der Waals surface area (Å²) in [6.07, 6.45) is 1.55. The van der Waals surface area contributed by atoms with Crippen molar-refractivity contribution < 1.29 is 18.7 Å². The minimum absolute atomic E-state index is 0.00639. The van der Waals surface area contributed by atoms with E-state index in [4.69, 9.17) is 13.6 Å². The van der Waals surface area contributed by atoms with Crippen LogP contribution in [-0.2, 0) is 12.8 Å². The van der Waals surface area contributed by atoms with Gasteiger partial charge in [0.25, 0.3) is 11.1 Å². The Morgan fingerprint density at radius 2 is 1.36 bits per heavy atom. The van der Waals surface area contributed by atoms with Crippen molar-refractivity contribution in [2.45, 2.75) is 38.8 Å². The second kappa shape index (κ2) is 9.18. The van der Waals surface area contributed by atoms with Crippen molar-refractivity contribution >= 4 is 59.7 Å². The molecule has 212 valence electrons. The van der Waals surface area contributed by atoms with Crippen LogP contribution in [0.4, 0.5) is 0 Å². The molecule has 2 aromatic carbocycles. The van der Waals surface area contributed by atoms with Crippen molar-refractivity contribution in [2.75, 3.05) is 7.11 Å². The summed E-state index contributed by atoms with van der Waals surface area (Å²) in [5.74, 6) is -0.0946. The number of aromatic nitrogens is 2. The van der Waals surface area contributed by atoms with Crippen molar-refractivity contribution in [1.82, 2.24) is 9.13 Å². The summed E-state index contributed by atoms with van der Waals surface area (Å²) in [6, 6.07) is 12.7. The molecule has 0 radical (unpaired) electrons. The van der Waals surface area contributed by atoms with Gasteiger partial charge in [0.15, 0.2) is 16.9 Å². The van der Waals surface area contributed by atoms with Crippen LogP contribution in [0.1, 0.15) is 37.1 Å². The van der Waals surface area contributed by atoms with E-state index in [0.29, 0.717) is 16.4 Å². The highest BCUT2D eigenvalue weighted by atomic mass is 79.9. The van der Waals surface area contributed by atoms with Gasteiger partial charge in [-0.15, -0.1) is 0 Å². The summed E-state index contributed by atoms with van der Waals surface area (Å²) in [5.41, 5.74) is 2.53. The van der Waals surface area contributed by atoms with E-state index in [1.807, 2.05) is 44.2 Å². The molecular weight excluding hydrogens is 608 g/mol. The third kappa shape index (κ3) is 3.49. The molecule has 1 N–H and O–H groups in total. The Hall–Kier alpha value is -4.64. The van der Waals surface area contributed by atoms with Gasteiger partial charge >= 0.3 is 11.3 Å². The molecule has 0 saturated heterocycles. The molecule has 4 aromatic heterocycles. The summed E-state index contributed by atoms with van der Waals surface area (Å²) in [5, 5.41) is 12.0. The van der Waals surface area contributed by atoms with E-state index >= 15 is 0 Å². The Morgan fingerprint density at radius 1 is 0.833 bits per heavy atom. The zero-order valence-electron chi connectivity index (χ0n) is 22.7. The van der Waals surface area contributed by atoms with Crippen LogP contribution in [0.3, 0.4) is 0 Å². The molecule has 0 amide bonds. The maximum absolute atomic E-state index is 12.8. The van der Waals surface area contributed by atoms with Gasteiger partial charge in [-0.3, -0.25) is 9.59 Å². The Kier molecular flexibility index (Phi) is 5.74. The van der Waals surface area contributed by atoms with Gasteiger partial charge in [0.2, 0.25) is 0 Å². The predicted molar refractivity (Wildman–Crippen MR) is 161 cm³/mol. The minimum atomic E-state index is -0.698. The molecule has 2 unspecified atom stereocenters. The fourth-order valence-corrected chi connectivity index (χ4v) is 6.75. The molecule has 42 heavy (non-hydrogen) atoms. The molecular formula is C31H23BrN2O8. The standard InChI is InChI=1S/C16H13NO4.C15H10BrNO4/c1-8-6-9-4-3-5-10-14(9)17(8)16(19)13-11(20-2)7-12(18)21-15(10)13;1-6-5-7-3-2-4-8-11(7)17(6)14(19)9-12(18)10(16)15(20)21-13(8)9/h3-5,7-8H,6H2,1-2H3;2-4,6,18H,5H2,1H3. The summed E-state index contributed by atoms with van der Waals surface area (Å²) in [4.78, 5) is 49.0. The number of pyridine rings is 2. The van der Waals surface area contributed by atoms with Crippen molar-refractivity contribution in [3.63, 3.8) is 0 Å². The maximum atomic E-state index is 12.8. The largest absolute Gasteiger partial charge is 0.506 e. The molecule has 8 rings (SSSR count). The minimum Gasteiger partial charge on any atom is -0.506 e. The molecule has 0 spiro atoms. The molecule has 2 aliphatic rings. The smallest absolute Gasteiger partial charge is 0.354 e. The average molecular weight is 631 g/mol. The van der Waals surface area contributed by atoms with Gasteiger partial charge in [-0.05, 0) is 65.9 Å². The average Bonchev–Trinajstić information content (AvgIpc) is 3.49. The van der Waals surface area contributed by atoms with Gasteiger partial charge in [0.05, 0.1) is 24.2 Å². The number of rotatable bonds is 1. The first kappa shape index (κ1) is 26.3. The highest BCUT2D eigenvalue weighted by Gasteiger charge is 2.28. The fraction of sp³-hybridized carbons (Fsp3) is 0.226. The van der Waals surface area contributed by atoms with Crippen molar-refractivity contribution in [3.8, 4) is 11.5 Å². The van der Waals surface area contributed by atoms with Crippen molar-refractivity contribution in [1.29, 1.82) is 0 Å². The van der Waals surface area contributed by atoms with E-state index in [9.17, 15) is 24.3 Å². The van der Waals surface area contributed by atoms with Crippen LogP contribution in [0.5, 0.6) is 11.5 Å². The van der Waals surface area contributed by atoms with Gasteiger partial charge in [-0.2, -0.15) is 0 Å². The monoisotopic (exact) mass is 630 g/mol. The maximum Gasteiger partial charge on any atom is 0.354 e. The molecule has 6 aromatic rings. The summed E-state index contributed by atoms with van der Waals surface area (Å²) in [6.45, 7) is 3.97. The Balaban J connectivity index is 0.000000137. The van der Waals surface area contributed by atoms with E-state index in [2.05, 4.69) is 15.9 Å². The molecule has 0 aliphatic carbocycles. The topological polar surface area (TPSA) is 134 Å². The Labute approximate surface area is 244 Å². The van der Waals surface area contributed by atoms with E-state index in [1.165, 1.54) is 13.2 Å². The lowest BCUT2D eigenvalue weighted by Crippen LogP contribution is -2.22. The van der Waals surface area contributed by atoms with Gasteiger partial charge in [0, 0.05) is 22.9 Å². The van der Waals surface area contributed by atoms with E-state index in [-0.39, 0.29) is 50.1 Å². The SMILES string of the molecule is CC1Cc2cccc3c4oc(=O)c(Br)c(O)c4c(=O)n1c23.COc1cc(=O)oc2c1c(=O)n1c3c(cccc23)CC1C. The zero-order chi connectivity index (χ0) is 29.6.